The van der Waals surface area contributed by atoms with Crippen molar-refractivity contribution in [3.8, 4) is 17.0 Å². The Morgan fingerprint density at radius 3 is 2.58 bits per heavy atom. The SMILES string of the molecule is CCc1ccccc1OCc1ccc(-c2cc(C(N)=O)on2)cc1. The lowest BCUT2D eigenvalue weighted by molar-refractivity contribution is 0.0965. The summed E-state index contributed by atoms with van der Waals surface area (Å²) in [5, 5.41) is 3.85. The van der Waals surface area contributed by atoms with Crippen LogP contribution in [0.5, 0.6) is 5.75 Å². The van der Waals surface area contributed by atoms with E-state index in [1.807, 2.05) is 42.5 Å². The third-order valence-electron chi connectivity index (χ3n) is 3.75. The minimum absolute atomic E-state index is 0.0496. The smallest absolute Gasteiger partial charge is 0.287 e. The normalized spacial score (nSPS) is 10.5. The number of primary amides is 1. The predicted octanol–water partition coefficient (Wildman–Crippen LogP) is 3.58. The lowest BCUT2D eigenvalue weighted by Crippen LogP contribution is -2.09. The van der Waals surface area contributed by atoms with E-state index in [-0.39, 0.29) is 5.76 Å². The maximum absolute atomic E-state index is 11.0. The molecule has 3 rings (SSSR count). The lowest BCUT2D eigenvalue weighted by atomic mass is 10.1. The van der Waals surface area contributed by atoms with E-state index in [4.69, 9.17) is 15.0 Å². The molecule has 0 aliphatic heterocycles. The molecule has 2 N–H and O–H groups in total. The molecule has 0 saturated heterocycles. The second kappa shape index (κ2) is 7.00. The first-order chi connectivity index (χ1) is 11.7. The Labute approximate surface area is 140 Å². The summed E-state index contributed by atoms with van der Waals surface area (Å²) >= 11 is 0. The molecule has 0 saturated carbocycles. The van der Waals surface area contributed by atoms with E-state index >= 15 is 0 Å². The molecule has 0 spiro atoms. The van der Waals surface area contributed by atoms with Crippen LogP contribution in [-0.4, -0.2) is 11.1 Å². The number of nitrogens with two attached hydrogens (primary N) is 1. The summed E-state index contributed by atoms with van der Waals surface area (Å²) in [6.45, 7) is 2.60. The summed E-state index contributed by atoms with van der Waals surface area (Å²) in [4.78, 5) is 11.0. The van der Waals surface area contributed by atoms with Gasteiger partial charge in [0.05, 0.1) is 0 Å². The van der Waals surface area contributed by atoms with Crippen LogP contribution in [0.1, 0.15) is 28.6 Å². The molecule has 122 valence electrons. The highest BCUT2D eigenvalue weighted by Crippen LogP contribution is 2.22. The van der Waals surface area contributed by atoms with E-state index in [2.05, 4.69) is 18.1 Å². The first-order valence-electron chi connectivity index (χ1n) is 7.74. The second-order valence-electron chi connectivity index (χ2n) is 5.39. The molecule has 0 aliphatic rings. The van der Waals surface area contributed by atoms with Gasteiger partial charge in [0.1, 0.15) is 18.1 Å². The monoisotopic (exact) mass is 322 g/mol. The number of hydrogen-bond acceptors (Lipinski definition) is 4. The molecule has 0 radical (unpaired) electrons. The zero-order valence-corrected chi connectivity index (χ0v) is 13.4. The highest BCUT2D eigenvalue weighted by Gasteiger charge is 2.10. The summed E-state index contributed by atoms with van der Waals surface area (Å²) < 4.78 is 10.8. The molecular weight excluding hydrogens is 304 g/mol. The van der Waals surface area contributed by atoms with Gasteiger partial charge in [-0.2, -0.15) is 0 Å². The molecule has 0 fully saturated rings. The van der Waals surface area contributed by atoms with Crippen molar-refractivity contribution >= 4 is 5.91 Å². The van der Waals surface area contributed by atoms with E-state index < -0.39 is 5.91 Å². The molecule has 24 heavy (non-hydrogen) atoms. The van der Waals surface area contributed by atoms with Gasteiger partial charge in [-0.25, -0.2) is 0 Å². The van der Waals surface area contributed by atoms with Crippen LogP contribution in [0.15, 0.2) is 59.1 Å². The van der Waals surface area contributed by atoms with Gasteiger partial charge in [-0.15, -0.1) is 0 Å². The summed E-state index contributed by atoms with van der Waals surface area (Å²) in [6, 6.07) is 17.3. The van der Waals surface area contributed by atoms with Crippen LogP contribution in [0, 0.1) is 0 Å². The first-order valence-corrected chi connectivity index (χ1v) is 7.74. The van der Waals surface area contributed by atoms with Crippen LogP contribution in [0.25, 0.3) is 11.3 Å². The van der Waals surface area contributed by atoms with Gasteiger partial charge in [-0.05, 0) is 23.6 Å². The van der Waals surface area contributed by atoms with Gasteiger partial charge >= 0.3 is 0 Å². The molecule has 1 aromatic heterocycles. The van der Waals surface area contributed by atoms with Crippen LogP contribution < -0.4 is 10.5 Å². The van der Waals surface area contributed by atoms with Gasteiger partial charge in [-0.3, -0.25) is 4.79 Å². The number of para-hydroxylation sites is 1. The highest BCUT2D eigenvalue weighted by atomic mass is 16.5. The summed E-state index contributed by atoms with van der Waals surface area (Å²) in [6.07, 6.45) is 0.934. The van der Waals surface area contributed by atoms with Crippen LogP contribution in [-0.2, 0) is 13.0 Å². The molecule has 1 heterocycles. The Kier molecular flexibility index (Phi) is 4.61. The largest absolute Gasteiger partial charge is 0.489 e. The number of aryl methyl sites for hydroxylation is 1. The Bertz CT molecular complexity index is 838. The van der Waals surface area contributed by atoms with E-state index in [0.717, 1.165) is 23.3 Å². The van der Waals surface area contributed by atoms with Crippen molar-refractivity contribution in [1.29, 1.82) is 0 Å². The Morgan fingerprint density at radius 2 is 1.92 bits per heavy atom. The van der Waals surface area contributed by atoms with E-state index in [1.165, 1.54) is 11.6 Å². The summed E-state index contributed by atoms with van der Waals surface area (Å²) in [5.74, 6) is 0.327. The quantitative estimate of drug-likeness (QED) is 0.752. The lowest BCUT2D eigenvalue weighted by Gasteiger charge is -2.10. The average molecular weight is 322 g/mol. The molecule has 0 aliphatic carbocycles. The molecule has 2 aromatic carbocycles. The molecule has 1 amide bonds. The van der Waals surface area contributed by atoms with Gasteiger partial charge in [-0.1, -0.05) is 54.5 Å². The topological polar surface area (TPSA) is 78.4 Å². The molecule has 0 unspecified atom stereocenters. The van der Waals surface area contributed by atoms with Crippen LogP contribution >= 0.6 is 0 Å². The van der Waals surface area contributed by atoms with Gasteiger partial charge in [0.25, 0.3) is 5.91 Å². The Hall–Kier alpha value is -3.08. The number of benzene rings is 2. The van der Waals surface area contributed by atoms with Gasteiger partial charge < -0.3 is 15.0 Å². The minimum atomic E-state index is -0.631. The number of carbonyl (C=O) groups is 1. The zero-order chi connectivity index (χ0) is 16.9. The fourth-order valence-electron chi connectivity index (χ4n) is 2.40. The van der Waals surface area contributed by atoms with Crippen LogP contribution in [0.2, 0.25) is 0 Å². The van der Waals surface area contributed by atoms with Crippen molar-refractivity contribution in [3.63, 3.8) is 0 Å². The third kappa shape index (κ3) is 3.46. The van der Waals surface area contributed by atoms with E-state index in [9.17, 15) is 4.79 Å². The molecule has 0 atom stereocenters. The van der Waals surface area contributed by atoms with Gasteiger partial charge in [0.2, 0.25) is 5.76 Å². The number of rotatable bonds is 6. The predicted molar refractivity (Wildman–Crippen MR) is 90.6 cm³/mol. The van der Waals surface area contributed by atoms with Crippen molar-refractivity contribution < 1.29 is 14.1 Å². The maximum atomic E-state index is 11.0. The summed E-state index contributed by atoms with van der Waals surface area (Å²) in [5.41, 5.74) is 8.82. The van der Waals surface area contributed by atoms with E-state index in [0.29, 0.717) is 12.3 Å². The number of amides is 1. The van der Waals surface area contributed by atoms with E-state index in [1.54, 1.807) is 0 Å². The van der Waals surface area contributed by atoms with Crippen molar-refractivity contribution in [3.05, 3.63) is 71.5 Å². The molecule has 5 heteroatoms. The minimum Gasteiger partial charge on any atom is -0.489 e. The van der Waals surface area contributed by atoms with Gasteiger partial charge in [0.15, 0.2) is 0 Å². The van der Waals surface area contributed by atoms with Crippen molar-refractivity contribution in [2.75, 3.05) is 0 Å². The molecule has 5 nitrogen and oxygen atoms in total. The maximum Gasteiger partial charge on any atom is 0.287 e. The van der Waals surface area contributed by atoms with Crippen molar-refractivity contribution in [2.24, 2.45) is 5.73 Å². The standard InChI is InChI=1S/C19H18N2O3/c1-2-14-5-3-4-6-17(14)23-12-13-7-9-15(10-8-13)16-11-18(19(20)22)24-21-16/h3-11H,2,12H2,1H3,(H2,20,22). The average Bonchev–Trinajstić information content (AvgIpc) is 3.11. The highest BCUT2D eigenvalue weighted by molar-refractivity contribution is 5.90. The summed E-state index contributed by atoms with van der Waals surface area (Å²) in [7, 11) is 0. The van der Waals surface area contributed by atoms with Crippen LogP contribution in [0.3, 0.4) is 0 Å². The van der Waals surface area contributed by atoms with Crippen LogP contribution in [0.4, 0.5) is 0 Å². The number of hydrogen-bond donors (Lipinski definition) is 1. The molecule has 0 bridgehead atoms. The second-order valence-corrected chi connectivity index (χ2v) is 5.39. The fraction of sp³-hybridized carbons (Fsp3) is 0.158. The number of aromatic nitrogens is 1. The number of nitrogens with zero attached hydrogens (tertiary/aromatic N) is 1. The zero-order valence-electron chi connectivity index (χ0n) is 13.4. The van der Waals surface area contributed by atoms with Crippen molar-refractivity contribution in [1.82, 2.24) is 5.16 Å². The number of ether oxygens (including phenoxy) is 1. The third-order valence-corrected chi connectivity index (χ3v) is 3.75. The molecular formula is C19H18N2O3. The fourth-order valence-corrected chi connectivity index (χ4v) is 2.40. The molecule has 3 aromatic rings. The van der Waals surface area contributed by atoms with Gasteiger partial charge in [0, 0.05) is 11.6 Å². The van der Waals surface area contributed by atoms with Crippen molar-refractivity contribution in [2.45, 2.75) is 20.0 Å². The Morgan fingerprint density at radius 1 is 1.17 bits per heavy atom. The number of carbonyl (C=O) groups excluding carboxylic acids is 1. The Balaban J connectivity index is 1.69. The first kappa shape index (κ1) is 15.8.